The zero-order valence-electron chi connectivity index (χ0n) is 13.3. The SMILES string of the molecule is CN(Cc1ccccc1)C(=O)C1CSC(c2cccnc2)N1.Cl.Cl. The maximum atomic E-state index is 12.6. The predicted octanol–water partition coefficient (Wildman–Crippen LogP) is 3.29. The average molecular weight is 386 g/mol. The number of amides is 1. The largest absolute Gasteiger partial charge is 0.340 e. The van der Waals surface area contributed by atoms with Gasteiger partial charge in [-0.15, -0.1) is 36.6 Å². The fourth-order valence-electron chi connectivity index (χ4n) is 2.54. The summed E-state index contributed by atoms with van der Waals surface area (Å²) in [5.41, 5.74) is 2.27. The van der Waals surface area contributed by atoms with Crippen LogP contribution in [0.15, 0.2) is 54.9 Å². The van der Waals surface area contributed by atoms with E-state index < -0.39 is 0 Å². The van der Waals surface area contributed by atoms with Crippen LogP contribution in [0.3, 0.4) is 0 Å². The summed E-state index contributed by atoms with van der Waals surface area (Å²) in [6.45, 7) is 0.639. The Hall–Kier alpha value is -1.27. The second kappa shape index (κ2) is 9.89. The molecule has 1 N–H and O–H groups in total. The maximum absolute atomic E-state index is 12.6. The van der Waals surface area contributed by atoms with Gasteiger partial charge in [0.15, 0.2) is 0 Å². The molecule has 130 valence electrons. The average Bonchev–Trinajstić information content (AvgIpc) is 3.06. The zero-order chi connectivity index (χ0) is 15.4. The number of hydrogen-bond acceptors (Lipinski definition) is 4. The van der Waals surface area contributed by atoms with E-state index in [4.69, 9.17) is 0 Å². The third kappa shape index (κ3) is 5.11. The molecule has 1 amide bonds. The van der Waals surface area contributed by atoms with Gasteiger partial charge in [-0.05, 0) is 17.2 Å². The standard InChI is InChI=1S/C17H19N3OS.2ClH/c1-20(11-13-6-3-2-4-7-13)17(21)15-12-22-16(19-15)14-8-5-9-18-10-14;;/h2-10,15-16,19H,11-12H2,1H3;2*1H. The van der Waals surface area contributed by atoms with Crippen molar-refractivity contribution >= 4 is 42.5 Å². The Morgan fingerprint density at radius 3 is 2.67 bits per heavy atom. The molecule has 1 aliphatic rings. The van der Waals surface area contributed by atoms with Gasteiger partial charge in [0.1, 0.15) is 0 Å². The number of halogens is 2. The highest BCUT2D eigenvalue weighted by molar-refractivity contribution is 7.99. The topological polar surface area (TPSA) is 45.2 Å². The Bertz CT molecular complexity index is 630. The lowest BCUT2D eigenvalue weighted by atomic mass is 10.2. The van der Waals surface area contributed by atoms with Crippen molar-refractivity contribution in [3.63, 3.8) is 0 Å². The van der Waals surface area contributed by atoms with E-state index in [1.165, 1.54) is 0 Å². The number of thioether (sulfide) groups is 1. The lowest BCUT2D eigenvalue weighted by Crippen LogP contribution is -2.43. The van der Waals surface area contributed by atoms with Crippen LogP contribution in [0.5, 0.6) is 0 Å². The summed E-state index contributed by atoms with van der Waals surface area (Å²) < 4.78 is 0. The molecule has 2 atom stereocenters. The van der Waals surface area contributed by atoms with E-state index in [1.807, 2.05) is 55.7 Å². The number of pyridine rings is 1. The molecule has 0 radical (unpaired) electrons. The molecule has 2 aromatic rings. The number of carbonyl (C=O) groups is 1. The Balaban J connectivity index is 0.00000144. The van der Waals surface area contributed by atoms with Crippen LogP contribution in [0.4, 0.5) is 0 Å². The van der Waals surface area contributed by atoms with Gasteiger partial charge in [0.2, 0.25) is 5.91 Å². The molecule has 0 saturated carbocycles. The second-order valence-corrected chi connectivity index (χ2v) is 6.54. The van der Waals surface area contributed by atoms with Crippen molar-refractivity contribution in [3.05, 3.63) is 66.0 Å². The lowest BCUT2D eigenvalue weighted by Gasteiger charge is -2.21. The third-order valence-electron chi connectivity index (χ3n) is 3.71. The number of benzene rings is 1. The number of rotatable bonds is 4. The normalized spacial score (nSPS) is 19.0. The number of likely N-dealkylation sites (N-methyl/N-ethyl adjacent to an activating group) is 1. The molecule has 0 aliphatic carbocycles. The van der Waals surface area contributed by atoms with Gasteiger partial charge in [0, 0.05) is 31.7 Å². The molecule has 1 aliphatic heterocycles. The van der Waals surface area contributed by atoms with Crippen LogP contribution in [-0.2, 0) is 11.3 Å². The van der Waals surface area contributed by atoms with Gasteiger partial charge in [0.25, 0.3) is 0 Å². The van der Waals surface area contributed by atoms with Crippen LogP contribution in [0.2, 0.25) is 0 Å². The highest BCUT2D eigenvalue weighted by atomic mass is 35.5. The highest BCUT2D eigenvalue weighted by Crippen LogP contribution is 2.32. The molecule has 1 aromatic heterocycles. The van der Waals surface area contributed by atoms with E-state index >= 15 is 0 Å². The first-order chi connectivity index (χ1) is 10.7. The number of aromatic nitrogens is 1. The second-order valence-electron chi connectivity index (χ2n) is 5.40. The van der Waals surface area contributed by atoms with Gasteiger partial charge < -0.3 is 4.90 Å². The van der Waals surface area contributed by atoms with E-state index in [2.05, 4.69) is 10.3 Å². The highest BCUT2D eigenvalue weighted by Gasteiger charge is 2.32. The molecule has 2 heterocycles. The van der Waals surface area contributed by atoms with Crippen LogP contribution < -0.4 is 5.32 Å². The molecule has 24 heavy (non-hydrogen) atoms. The molecule has 2 unspecified atom stereocenters. The smallest absolute Gasteiger partial charge is 0.240 e. The molecule has 1 aromatic carbocycles. The molecule has 1 saturated heterocycles. The fraction of sp³-hybridized carbons (Fsp3) is 0.294. The monoisotopic (exact) mass is 385 g/mol. The van der Waals surface area contributed by atoms with Gasteiger partial charge in [-0.25, -0.2) is 0 Å². The number of nitrogens with zero attached hydrogens (tertiary/aromatic N) is 2. The molecule has 3 rings (SSSR count). The zero-order valence-corrected chi connectivity index (χ0v) is 15.7. The Labute approximate surface area is 159 Å². The first-order valence-corrected chi connectivity index (χ1v) is 8.35. The maximum Gasteiger partial charge on any atom is 0.240 e. The van der Waals surface area contributed by atoms with Gasteiger partial charge in [-0.3, -0.25) is 15.1 Å². The fourth-order valence-corrected chi connectivity index (χ4v) is 3.75. The molecule has 4 nitrogen and oxygen atoms in total. The van der Waals surface area contributed by atoms with Crippen molar-refractivity contribution in [1.29, 1.82) is 0 Å². The summed E-state index contributed by atoms with van der Waals surface area (Å²) in [6, 6.07) is 13.9. The number of carbonyl (C=O) groups excluding carboxylic acids is 1. The van der Waals surface area contributed by atoms with Crippen LogP contribution in [0.1, 0.15) is 16.5 Å². The van der Waals surface area contributed by atoms with Crippen molar-refractivity contribution in [2.24, 2.45) is 0 Å². The third-order valence-corrected chi connectivity index (χ3v) is 4.97. The molecule has 7 heteroatoms. The first-order valence-electron chi connectivity index (χ1n) is 7.30. The van der Waals surface area contributed by atoms with E-state index in [9.17, 15) is 4.79 Å². The van der Waals surface area contributed by atoms with Crippen LogP contribution in [0.25, 0.3) is 0 Å². The first kappa shape index (κ1) is 20.8. The molecule has 0 spiro atoms. The molecule has 1 fully saturated rings. The minimum atomic E-state index is -0.135. The van der Waals surface area contributed by atoms with Crippen LogP contribution >= 0.6 is 36.6 Å². The van der Waals surface area contributed by atoms with Crippen molar-refractivity contribution in [2.75, 3.05) is 12.8 Å². The number of hydrogen-bond donors (Lipinski definition) is 1. The van der Waals surface area contributed by atoms with E-state index in [0.29, 0.717) is 6.54 Å². The van der Waals surface area contributed by atoms with Gasteiger partial charge >= 0.3 is 0 Å². The molecule has 0 bridgehead atoms. The van der Waals surface area contributed by atoms with Gasteiger partial charge in [-0.1, -0.05) is 36.4 Å². The van der Waals surface area contributed by atoms with Crippen molar-refractivity contribution in [1.82, 2.24) is 15.2 Å². The molecular formula is C17H21Cl2N3OS. The minimum Gasteiger partial charge on any atom is -0.340 e. The van der Waals surface area contributed by atoms with Gasteiger partial charge in [-0.2, -0.15) is 0 Å². The Morgan fingerprint density at radius 2 is 2.00 bits per heavy atom. The van der Waals surface area contributed by atoms with E-state index in [-0.39, 0.29) is 42.1 Å². The van der Waals surface area contributed by atoms with Crippen molar-refractivity contribution in [3.8, 4) is 0 Å². The van der Waals surface area contributed by atoms with Gasteiger partial charge in [0.05, 0.1) is 11.4 Å². The number of nitrogens with one attached hydrogen (secondary N) is 1. The van der Waals surface area contributed by atoms with Crippen LogP contribution in [0, 0.1) is 0 Å². The van der Waals surface area contributed by atoms with E-state index in [1.54, 1.807) is 22.9 Å². The molecular weight excluding hydrogens is 365 g/mol. The summed E-state index contributed by atoms with van der Waals surface area (Å²) >= 11 is 1.76. The minimum absolute atomic E-state index is 0. The summed E-state index contributed by atoms with van der Waals surface area (Å²) in [6.07, 6.45) is 3.62. The Kier molecular flexibility index (Phi) is 8.56. The van der Waals surface area contributed by atoms with Crippen molar-refractivity contribution in [2.45, 2.75) is 18.0 Å². The predicted molar refractivity (Wildman–Crippen MR) is 104 cm³/mol. The summed E-state index contributed by atoms with van der Waals surface area (Å²) in [5.74, 6) is 0.931. The summed E-state index contributed by atoms with van der Waals surface area (Å²) in [4.78, 5) is 18.5. The summed E-state index contributed by atoms with van der Waals surface area (Å²) in [7, 11) is 1.86. The van der Waals surface area contributed by atoms with Crippen molar-refractivity contribution < 1.29 is 4.79 Å². The van der Waals surface area contributed by atoms with E-state index in [0.717, 1.165) is 16.9 Å². The van der Waals surface area contributed by atoms with Crippen LogP contribution in [-0.4, -0.2) is 34.6 Å². The summed E-state index contributed by atoms with van der Waals surface area (Å²) in [5, 5.41) is 3.55. The lowest BCUT2D eigenvalue weighted by molar-refractivity contribution is -0.132. The quantitative estimate of drug-likeness (QED) is 0.876. The Morgan fingerprint density at radius 1 is 1.25 bits per heavy atom.